The highest BCUT2D eigenvalue weighted by molar-refractivity contribution is 7.52. The number of ketones is 1. The van der Waals surface area contributed by atoms with Gasteiger partial charge in [-0.25, -0.2) is 17.7 Å². The van der Waals surface area contributed by atoms with Gasteiger partial charge in [-0.2, -0.15) is 13.9 Å². The van der Waals surface area contributed by atoms with E-state index in [1.807, 2.05) is 0 Å². The molecule has 4 rings (SSSR count). The fourth-order valence-corrected chi connectivity index (χ4v) is 6.03. The van der Waals surface area contributed by atoms with Crippen molar-refractivity contribution in [1.29, 1.82) is 0 Å². The van der Waals surface area contributed by atoms with Gasteiger partial charge in [0.15, 0.2) is 17.5 Å². The number of alkyl halides is 4. The summed E-state index contributed by atoms with van der Waals surface area (Å²) in [6.07, 6.45) is -12.1. The van der Waals surface area contributed by atoms with Gasteiger partial charge < -0.3 is 19.1 Å². The van der Waals surface area contributed by atoms with E-state index in [1.165, 1.54) is 32.9 Å². The number of hydrogen-bond acceptors (Lipinski definition) is 9. The van der Waals surface area contributed by atoms with Gasteiger partial charge in [0, 0.05) is 11.6 Å². The molecule has 1 fully saturated rings. The van der Waals surface area contributed by atoms with E-state index in [0.29, 0.717) is 10.8 Å². The zero-order valence-electron chi connectivity index (χ0n) is 23.4. The van der Waals surface area contributed by atoms with Crippen LogP contribution in [0.3, 0.4) is 0 Å². The maximum atomic E-state index is 15.2. The third-order valence-electron chi connectivity index (χ3n) is 6.71. The summed E-state index contributed by atoms with van der Waals surface area (Å²) in [5, 5.41) is 13.7. The molecule has 44 heavy (non-hydrogen) atoms. The number of Topliss-reactive ketones (excluding diaryl/α,β-unsaturated/α-hetero) is 1. The summed E-state index contributed by atoms with van der Waals surface area (Å²) in [6.45, 7) is 2.50. The first-order valence-corrected chi connectivity index (χ1v) is 14.7. The second kappa shape index (κ2) is 12.5. The topological polar surface area (TPSA) is 141 Å². The van der Waals surface area contributed by atoms with Crippen LogP contribution in [-0.4, -0.2) is 76.7 Å². The monoisotopic (exact) mass is 650 g/mol. The van der Waals surface area contributed by atoms with Crippen molar-refractivity contribution in [2.24, 2.45) is 0 Å². The van der Waals surface area contributed by atoms with Crippen molar-refractivity contribution in [3.8, 4) is 5.75 Å². The SMILES string of the molecule is CC(C)OC(=O)[C@H](C)NP(=O)(OC[C@@]1(C(F)F)O[C@@H](N2C=C(F)C(=O)CC2=O)C(F)(F)[C@@H]1O)Oc1cccc2ccccc12. The van der Waals surface area contributed by atoms with Crippen LogP contribution in [0, 0.1) is 0 Å². The average molecular weight is 650 g/mol. The Labute approximate surface area is 247 Å². The zero-order valence-corrected chi connectivity index (χ0v) is 24.3. The molecule has 0 aromatic heterocycles. The number of nitrogens with one attached hydrogen (secondary N) is 1. The molecule has 2 aliphatic rings. The smallest absolute Gasteiger partial charge is 0.459 e. The summed E-state index contributed by atoms with van der Waals surface area (Å²) >= 11 is 0. The number of carbonyl (C=O) groups is 3. The summed E-state index contributed by atoms with van der Waals surface area (Å²) in [4.78, 5) is 36.1. The van der Waals surface area contributed by atoms with Crippen molar-refractivity contribution in [1.82, 2.24) is 9.99 Å². The molecule has 1 unspecified atom stereocenters. The number of hydrogen-bond donors (Lipinski definition) is 2. The Balaban J connectivity index is 1.69. The van der Waals surface area contributed by atoms with Crippen LogP contribution in [0.4, 0.5) is 22.0 Å². The van der Waals surface area contributed by atoms with E-state index in [4.69, 9.17) is 18.5 Å². The van der Waals surface area contributed by atoms with Gasteiger partial charge >= 0.3 is 19.6 Å². The summed E-state index contributed by atoms with van der Waals surface area (Å²) in [5.41, 5.74) is -3.67. The Morgan fingerprint density at radius 1 is 1.16 bits per heavy atom. The lowest BCUT2D eigenvalue weighted by molar-refractivity contribution is -0.201. The van der Waals surface area contributed by atoms with Gasteiger partial charge in [-0.3, -0.25) is 23.8 Å². The molecule has 2 aromatic carbocycles. The lowest BCUT2D eigenvalue weighted by Gasteiger charge is -2.33. The number of halogens is 5. The Morgan fingerprint density at radius 2 is 1.82 bits per heavy atom. The summed E-state index contributed by atoms with van der Waals surface area (Å²) in [6, 6.07) is 9.60. The number of benzene rings is 2. The molecule has 1 saturated heterocycles. The van der Waals surface area contributed by atoms with E-state index in [2.05, 4.69) is 5.09 Å². The van der Waals surface area contributed by atoms with Crippen LogP contribution in [-0.2, 0) is 32.9 Å². The van der Waals surface area contributed by atoms with Crippen LogP contribution < -0.4 is 9.61 Å². The molecule has 5 atom stereocenters. The van der Waals surface area contributed by atoms with Gasteiger partial charge in [0.25, 0.3) is 6.43 Å². The first-order chi connectivity index (χ1) is 20.5. The highest BCUT2D eigenvalue weighted by atomic mass is 31.2. The minimum atomic E-state index is -5.00. The van der Waals surface area contributed by atoms with Crippen LogP contribution >= 0.6 is 7.75 Å². The molecule has 240 valence electrons. The van der Waals surface area contributed by atoms with Crippen LogP contribution in [0.15, 0.2) is 54.5 Å². The number of fused-ring (bicyclic) bond motifs is 1. The van der Waals surface area contributed by atoms with E-state index >= 15 is 8.78 Å². The van der Waals surface area contributed by atoms with E-state index in [1.54, 1.807) is 30.3 Å². The standard InChI is InChI=1S/C27H28F5N2O9P/c1-14(2)41-22(37)15(3)33-44(39,43-20-10-6-8-16-7-4-5-9-17(16)20)40-13-26(24(29)30)23(38)27(31,32)25(42-26)34-12-18(28)19(35)11-21(34)36/h4-10,12,14-15,23-25,38H,11,13H2,1-3H3,(H,33,39)/t15-,23+,25+,26+,44?/m0/s1. The predicted molar refractivity (Wildman–Crippen MR) is 142 cm³/mol. The largest absolute Gasteiger partial charge is 0.462 e. The molecular weight excluding hydrogens is 622 g/mol. The van der Waals surface area contributed by atoms with Crippen LogP contribution in [0.25, 0.3) is 10.8 Å². The molecule has 2 aliphatic heterocycles. The number of aliphatic hydroxyl groups is 1. The van der Waals surface area contributed by atoms with Crippen molar-refractivity contribution in [2.45, 2.75) is 69.6 Å². The van der Waals surface area contributed by atoms with Crippen molar-refractivity contribution in [3.05, 3.63) is 54.5 Å². The first-order valence-electron chi connectivity index (χ1n) is 13.1. The summed E-state index contributed by atoms with van der Waals surface area (Å²) < 4.78 is 108. The molecule has 0 saturated carbocycles. The molecule has 17 heteroatoms. The molecule has 2 heterocycles. The minimum Gasteiger partial charge on any atom is -0.462 e. The van der Waals surface area contributed by atoms with E-state index in [0.717, 1.165) is 0 Å². The second-order valence-corrected chi connectivity index (χ2v) is 12.1. The van der Waals surface area contributed by atoms with Gasteiger partial charge in [0.2, 0.25) is 17.9 Å². The summed E-state index contributed by atoms with van der Waals surface area (Å²) in [7, 11) is -5.00. The van der Waals surface area contributed by atoms with Crippen molar-refractivity contribution in [3.63, 3.8) is 0 Å². The Hall–Kier alpha value is -3.43. The Kier molecular flexibility index (Phi) is 9.52. The van der Waals surface area contributed by atoms with Gasteiger partial charge in [-0.1, -0.05) is 36.4 Å². The fraction of sp³-hybridized carbons (Fsp3) is 0.444. The Morgan fingerprint density at radius 3 is 2.48 bits per heavy atom. The summed E-state index contributed by atoms with van der Waals surface area (Å²) in [5.74, 6) is -10.1. The lowest BCUT2D eigenvalue weighted by Crippen LogP contribution is -2.55. The molecular formula is C27H28F5N2O9P. The number of rotatable bonds is 11. The van der Waals surface area contributed by atoms with E-state index in [-0.39, 0.29) is 16.8 Å². The molecule has 0 spiro atoms. The third kappa shape index (κ3) is 6.49. The number of allylic oxidation sites excluding steroid dienone is 1. The molecule has 11 nitrogen and oxygen atoms in total. The van der Waals surface area contributed by atoms with Gasteiger partial charge in [0.1, 0.15) is 11.8 Å². The number of esters is 1. The highest BCUT2D eigenvalue weighted by Crippen LogP contribution is 2.52. The van der Waals surface area contributed by atoms with Crippen molar-refractivity contribution in [2.75, 3.05) is 6.61 Å². The van der Waals surface area contributed by atoms with Crippen LogP contribution in [0.5, 0.6) is 5.75 Å². The van der Waals surface area contributed by atoms with Crippen molar-refractivity contribution >= 4 is 36.2 Å². The normalized spacial score (nSPS) is 25.7. The number of nitrogens with zero attached hydrogens (tertiary/aromatic N) is 1. The van der Waals surface area contributed by atoms with E-state index in [9.17, 15) is 37.2 Å². The lowest BCUT2D eigenvalue weighted by atomic mass is 9.95. The van der Waals surface area contributed by atoms with Gasteiger partial charge in [-0.15, -0.1) is 0 Å². The number of carbonyl (C=O) groups excluding carboxylic acids is 3. The molecule has 1 amide bonds. The van der Waals surface area contributed by atoms with E-state index < -0.39 is 86.7 Å². The van der Waals surface area contributed by atoms with Crippen LogP contribution in [0.2, 0.25) is 0 Å². The molecule has 2 N–H and O–H groups in total. The molecule has 2 aromatic rings. The number of amides is 1. The molecule has 0 bridgehead atoms. The second-order valence-electron chi connectivity index (χ2n) is 10.4. The van der Waals surface area contributed by atoms with Crippen molar-refractivity contribution < 1.29 is 64.5 Å². The first kappa shape index (κ1) is 33.5. The molecule has 0 radical (unpaired) electrons. The predicted octanol–water partition coefficient (Wildman–Crippen LogP) is 4.24. The molecule has 0 aliphatic carbocycles. The fourth-order valence-electron chi connectivity index (χ4n) is 4.48. The van der Waals surface area contributed by atoms with Gasteiger partial charge in [0.05, 0.1) is 19.1 Å². The Bertz CT molecular complexity index is 1520. The highest BCUT2D eigenvalue weighted by Gasteiger charge is 2.72. The van der Waals surface area contributed by atoms with Gasteiger partial charge in [-0.05, 0) is 32.2 Å². The number of ether oxygens (including phenoxy) is 2. The third-order valence-corrected chi connectivity index (χ3v) is 8.32. The minimum absolute atomic E-state index is 0.0555. The zero-order chi connectivity index (χ0) is 32.6. The maximum Gasteiger partial charge on any atom is 0.459 e. The number of aliphatic hydroxyl groups excluding tert-OH is 1. The maximum absolute atomic E-state index is 15.2. The quantitative estimate of drug-likeness (QED) is 0.157. The average Bonchev–Trinajstić information content (AvgIpc) is 3.15. The van der Waals surface area contributed by atoms with Crippen LogP contribution in [0.1, 0.15) is 27.2 Å².